The number of hydrogen-bond acceptors (Lipinski definition) is 11. The Kier molecular flexibility index (Phi) is 23.1. The van der Waals surface area contributed by atoms with Crippen LogP contribution in [0.1, 0.15) is 118 Å². The molecule has 1 aliphatic heterocycles. The van der Waals surface area contributed by atoms with Gasteiger partial charge in [-0.25, -0.2) is 0 Å². The van der Waals surface area contributed by atoms with E-state index in [0.29, 0.717) is 32.1 Å². The molecular weight excluding hydrogens is 919 g/mol. The Morgan fingerprint density at radius 2 is 1.25 bits per heavy atom. The number of esters is 1. The summed E-state index contributed by atoms with van der Waals surface area (Å²) in [6.07, 6.45) is 1.98. The van der Waals surface area contributed by atoms with Crippen molar-refractivity contribution in [3.63, 3.8) is 0 Å². The van der Waals surface area contributed by atoms with E-state index in [1.807, 2.05) is 88.4 Å². The van der Waals surface area contributed by atoms with Gasteiger partial charge in [0.1, 0.15) is 30.4 Å². The van der Waals surface area contributed by atoms with Gasteiger partial charge in [-0.2, -0.15) is 0 Å². The van der Waals surface area contributed by atoms with Gasteiger partial charge < -0.3 is 45.6 Å². The average molecular weight is 1000 g/mol. The molecule has 6 amide bonds. The minimum atomic E-state index is -1.54. The van der Waals surface area contributed by atoms with Crippen molar-refractivity contribution in [2.45, 2.75) is 174 Å². The Balaban J connectivity index is 1.65. The molecule has 11 atom stereocenters. The number of rotatable bonds is 25. The molecule has 17 nitrogen and oxygen atoms in total. The molecule has 1 heterocycles. The first-order valence-corrected chi connectivity index (χ1v) is 26.2. The van der Waals surface area contributed by atoms with Gasteiger partial charge in [0.15, 0.2) is 6.10 Å². The number of likely N-dealkylation sites (tertiary alicyclic amines) is 1. The first-order valence-electron chi connectivity index (χ1n) is 26.2. The van der Waals surface area contributed by atoms with Crippen LogP contribution in [0, 0.1) is 29.6 Å². The summed E-state index contributed by atoms with van der Waals surface area (Å²) in [7, 11) is 4.58. The van der Waals surface area contributed by atoms with Crippen molar-refractivity contribution >= 4 is 41.4 Å². The highest BCUT2D eigenvalue weighted by Gasteiger charge is 2.44. The van der Waals surface area contributed by atoms with Crippen LogP contribution in [-0.2, 0) is 51.1 Å². The third-order valence-electron chi connectivity index (χ3n) is 14.8. The van der Waals surface area contributed by atoms with Crippen molar-refractivity contribution in [3.8, 4) is 0 Å². The molecule has 72 heavy (non-hydrogen) atoms. The maximum atomic E-state index is 15.0. The van der Waals surface area contributed by atoms with E-state index in [1.165, 1.54) is 35.7 Å². The molecule has 6 N–H and O–H groups in total. The Labute approximate surface area is 427 Å². The van der Waals surface area contributed by atoms with Gasteiger partial charge in [0, 0.05) is 33.6 Å². The van der Waals surface area contributed by atoms with Crippen LogP contribution in [0.25, 0.3) is 0 Å². The molecule has 0 radical (unpaired) electrons. The van der Waals surface area contributed by atoms with Crippen LogP contribution in [0.3, 0.4) is 0 Å². The molecule has 17 heteroatoms. The first kappa shape index (κ1) is 59.2. The van der Waals surface area contributed by atoms with Crippen LogP contribution in [0.4, 0.5) is 0 Å². The van der Waals surface area contributed by atoms with E-state index >= 15 is 0 Å². The van der Waals surface area contributed by atoms with Crippen molar-refractivity contribution in [2.24, 2.45) is 29.6 Å². The van der Waals surface area contributed by atoms with Crippen LogP contribution in [0.2, 0.25) is 0 Å². The zero-order chi connectivity index (χ0) is 53.4. The average Bonchev–Trinajstić information content (AvgIpc) is 3.86. The van der Waals surface area contributed by atoms with E-state index in [1.54, 1.807) is 27.8 Å². The summed E-state index contributed by atoms with van der Waals surface area (Å²) in [6, 6.07) is 12.6. The van der Waals surface area contributed by atoms with Gasteiger partial charge in [0.25, 0.3) is 5.91 Å². The molecule has 0 bridgehead atoms. The normalized spacial score (nSPS) is 19.4. The largest absolute Gasteiger partial charge is 0.452 e. The number of nitrogens with zero attached hydrogens (tertiary/aromatic N) is 3. The molecule has 1 saturated carbocycles. The standard InChI is InChI=1S/C55H85N7O10/c1-12-35(6)44(53(69)60(10)45(33(2)3)50(66)56-9)59-49(65)43-29-22-30-62(43)52(68)42(32-39-25-18-14-19-26-39)58-48(64)41(31-38-23-16-13-17-24-38)57-51(67)46(34(4)5)61(11)54(70)47(40-27-20-15-21-28-40)72-55(71)36(7)37(8)63/h13-14,16-19,23-26,33-37,40-48,58,63-64H,12,15,20-22,27-32H2,1-11H3,(H,56,66)(H,57,67)(H,59,65)/t35-,36+,37?,41+,42+,43+,44+,45+,46+,47-,48?/m1/s1. The molecule has 400 valence electrons. The summed E-state index contributed by atoms with van der Waals surface area (Å²) in [5, 5.41) is 34.3. The summed E-state index contributed by atoms with van der Waals surface area (Å²) in [6.45, 7) is 14.3. The molecular formula is C55H85N7O10. The lowest BCUT2D eigenvalue weighted by atomic mass is 9.84. The summed E-state index contributed by atoms with van der Waals surface area (Å²) < 4.78 is 5.90. The van der Waals surface area contributed by atoms with Crippen molar-refractivity contribution in [3.05, 3.63) is 71.8 Å². The Morgan fingerprint density at radius 1 is 0.708 bits per heavy atom. The van der Waals surface area contributed by atoms with Crippen molar-refractivity contribution in [1.82, 2.24) is 36.0 Å². The number of likely N-dealkylation sites (N-methyl/N-ethyl adjacent to an activating group) is 3. The minimum absolute atomic E-state index is 0.114. The maximum absolute atomic E-state index is 15.0. The molecule has 2 fully saturated rings. The zero-order valence-corrected chi connectivity index (χ0v) is 44.6. The predicted octanol–water partition coefficient (Wildman–Crippen LogP) is 3.98. The third kappa shape index (κ3) is 15.8. The predicted molar refractivity (Wildman–Crippen MR) is 275 cm³/mol. The monoisotopic (exact) mass is 1000 g/mol. The number of aliphatic hydroxyl groups is 2. The third-order valence-corrected chi connectivity index (χ3v) is 14.8. The Morgan fingerprint density at radius 3 is 1.78 bits per heavy atom. The van der Waals surface area contributed by atoms with Crippen LogP contribution in [0.5, 0.6) is 0 Å². The smallest absolute Gasteiger partial charge is 0.312 e. The summed E-state index contributed by atoms with van der Waals surface area (Å²) in [5.41, 5.74) is 1.55. The maximum Gasteiger partial charge on any atom is 0.312 e. The number of carbonyl (C=O) groups excluding carboxylic acids is 7. The number of carbonyl (C=O) groups is 7. The lowest BCUT2D eigenvalue weighted by Crippen LogP contribution is -2.62. The molecule has 2 aromatic rings. The second-order valence-electron chi connectivity index (χ2n) is 20.9. The number of nitrogens with one attached hydrogen (secondary N) is 4. The van der Waals surface area contributed by atoms with E-state index in [4.69, 9.17) is 4.74 Å². The number of ether oxygens (including phenoxy) is 1. The zero-order valence-electron chi connectivity index (χ0n) is 44.6. The van der Waals surface area contributed by atoms with Crippen molar-refractivity contribution in [2.75, 3.05) is 27.7 Å². The van der Waals surface area contributed by atoms with E-state index in [0.717, 1.165) is 30.4 Å². The molecule has 1 saturated heterocycles. The number of amides is 6. The van der Waals surface area contributed by atoms with Gasteiger partial charge in [-0.15, -0.1) is 0 Å². The molecule has 2 aromatic carbocycles. The van der Waals surface area contributed by atoms with Crippen LogP contribution >= 0.6 is 0 Å². The fourth-order valence-corrected chi connectivity index (χ4v) is 10.1. The molecule has 0 aromatic heterocycles. The van der Waals surface area contributed by atoms with E-state index < -0.39 is 102 Å². The van der Waals surface area contributed by atoms with E-state index in [9.17, 15) is 43.8 Å². The number of hydrogen-bond donors (Lipinski definition) is 6. The highest BCUT2D eigenvalue weighted by molar-refractivity contribution is 5.95. The van der Waals surface area contributed by atoms with Gasteiger partial charge in [-0.05, 0) is 81.3 Å². The van der Waals surface area contributed by atoms with E-state index in [2.05, 4.69) is 21.3 Å². The van der Waals surface area contributed by atoms with Crippen molar-refractivity contribution < 1.29 is 48.5 Å². The van der Waals surface area contributed by atoms with Crippen LogP contribution in [0.15, 0.2) is 60.7 Å². The second-order valence-corrected chi connectivity index (χ2v) is 20.9. The fourth-order valence-electron chi connectivity index (χ4n) is 10.1. The Bertz CT molecular complexity index is 2080. The van der Waals surface area contributed by atoms with Gasteiger partial charge in [0.2, 0.25) is 29.5 Å². The second kappa shape index (κ2) is 28.2. The Hall–Kier alpha value is -5.39. The highest BCUT2D eigenvalue weighted by atomic mass is 16.6. The molecule has 2 aliphatic rings. The molecule has 4 rings (SSSR count). The summed E-state index contributed by atoms with van der Waals surface area (Å²) >= 11 is 0. The van der Waals surface area contributed by atoms with Crippen molar-refractivity contribution in [1.29, 1.82) is 0 Å². The number of aliphatic hydroxyl groups excluding tert-OH is 2. The topological polar surface area (TPSA) is 227 Å². The minimum Gasteiger partial charge on any atom is -0.452 e. The first-order chi connectivity index (χ1) is 34.1. The van der Waals surface area contributed by atoms with Gasteiger partial charge in [-0.3, -0.25) is 38.9 Å². The van der Waals surface area contributed by atoms with Gasteiger partial charge >= 0.3 is 5.97 Å². The summed E-state index contributed by atoms with van der Waals surface area (Å²) in [5.74, 6) is -5.59. The molecule has 2 unspecified atom stereocenters. The van der Waals surface area contributed by atoms with Gasteiger partial charge in [0.05, 0.1) is 24.1 Å². The fraction of sp³-hybridized carbons (Fsp3) is 0.655. The van der Waals surface area contributed by atoms with Crippen LogP contribution in [-0.4, -0.2) is 149 Å². The molecule has 0 spiro atoms. The number of benzene rings is 2. The van der Waals surface area contributed by atoms with Crippen LogP contribution < -0.4 is 21.3 Å². The lowest BCUT2D eigenvalue weighted by Gasteiger charge is -2.38. The van der Waals surface area contributed by atoms with E-state index in [-0.39, 0.29) is 43.0 Å². The molecule has 1 aliphatic carbocycles. The quantitative estimate of drug-likeness (QED) is 0.0617. The lowest BCUT2D eigenvalue weighted by molar-refractivity contribution is -0.171. The summed E-state index contributed by atoms with van der Waals surface area (Å²) in [4.78, 5) is 103. The van der Waals surface area contributed by atoms with Gasteiger partial charge in [-0.1, -0.05) is 128 Å². The SMILES string of the molecule is CC[C@@H](C)[C@H](NC(=O)[C@@H]1CCCN1C(=O)[C@H](Cc1ccccc1)NC(O)[C@H](Cc1ccccc1)NC(=O)[C@H](C(C)C)N(C)C(=O)[C@H](OC(=O)[C@@H](C)C(C)O)C1CCCCC1)C(=O)N(C)[C@H](C(=O)NC)C(C)C. The highest BCUT2D eigenvalue weighted by Crippen LogP contribution is 2.31.